The Morgan fingerprint density at radius 2 is 1.36 bits per heavy atom. The molecule has 22 heavy (non-hydrogen) atoms. The first-order valence-corrected chi connectivity index (χ1v) is 8.37. The van der Waals surface area contributed by atoms with Gasteiger partial charge in [-0.05, 0) is 6.42 Å². The van der Waals surface area contributed by atoms with Crippen LogP contribution in [0.25, 0.3) is 0 Å². The number of ether oxygens (including phenoxy) is 2. The first kappa shape index (κ1) is 20.4. The van der Waals surface area contributed by atoms with E-state index in [9.17, 15) is 9.59 Å². The molecule has 126 valence electrons. The fraction of sp³-hybridized carbons (Fsp3) is 0.667. The molecule has 1 aliphatic heterocycles. The lowest BCUT2D eigenvalue weighted by atomic mass is 10.1. The average Bonchev–Trinajstić information content (AvgIpc) is 2.89. The Morgan fingerprint density at radius 3 is 1.73 bits per heavy atom. The summed E-state index contributed by atoms with van der Waals surface area (Å²) in [4.78, 5) is 19.8. The van der Waals surface area contributed by atoms with Gasteiger partial charge < -0.3 is 9.47 Å². The lowest BCUT2D eigenvalue weighted by Gasteiger charge is -2.02. The van der Waals surface area contributed by atoms with Crippen molar-refractivity contribution in [2.45, 2.75) is 71.1 Å². The van der Waals surface area contributed by atoms with E-state index in [0.717, 1.165) is 18.8 Å². The van der Waals surface area contributed by atoms with Crippen molar-refractivity contribution in [2.24, 2.45) is 0 Å². The van der Waals surface area contributed by atoms with Gasteiger partial charge in [-0.2, -0.15) is 0 Å². The largest absolute Gasteiger partial charge is 0.502 e. The second-order valence-corrected chi connectivity index (χ2v) is 5.29. The summed E-state index contributed by atoms with van der Waals surface area (Å²) in [6.07, 6.45) is 17.5. The minimum atomic E-state index is -0.579. The van der Waals surface area contributed by atoms with Crippen LogP contribution in [-0.2, 0) is 19.1 Å². The Hall–Kier alpha value is -1.58. The highest BCUT2D eigenvalue weighted by Gasteiger charge is 2.10. The Bertz CT molecular complexity index is 318. The van der Waals surface area contributed by atoms with Gasteiger partial charge in [-0.1, -0.05) is 71.3 Å². The number of unbranched alkanes of at least 4 members (excludes halogenated alkanes) is 9. The SMILES string of the molecule is C=COCCCCCCCCCCCC.O=C1C=CC(=O)O1. The molecular weight excluding hydrogens is 280 g/mol. The van der Waals surface area contributed by atoms with Crippen LogP contribution in [0.2, 0.25) is 0 Å². The van der Waals surface area contributed by atoms with Gasteiger partial charge >= 0.3 is 11.9 Å². The van der Waals surface area contributed by atoms with Gasteiger partial charge in [0.05, 0.1) is 12.9 Å². The molecule has 0 aromatic carbocycles. The molecule has 0 unspecified atom stereocenters. The average molecular weight is 310 g/mol. The summed E-state index contributed by atoms with van der Waals surface area (Å²) < 4.78 is 9.04. The third kappa shape index (κ3) is 14.8. The highest BCUT2D eigenvalue weighted by molar-refractivity contribution is 6.04. The van der Waals surface area contributed by atoms with E-state index >= 15 is 0 Å². The van der Waals surface area contributed by atoms with E-state index in [0.29, 0.717) is 0 Å². The molecule has 1 aliphatic rings. The maximum absolute atomic E-state index is 9.92. The molecule has 0 amide bonds. The third-order valence-corrected chi connectivity index (χ3v) is 3.29. The summed E-state index contributed by atoms with van der Waals surface area (Å²) in [7, 11) is 0. The first-order valence-electron chi connectivity index (χ1n) is 8.37. The minimum Gasteiger partial charge on any atom is -0.502 e. The van der Waals surface area contributed by atoms with Crippen LogP contribution in [0.5, 0.6) is 0 Å². The zero-order valence-corrected chi connectivity index (χ0v) is 13.9. The van der Waals surface area contributed by atoms with Crippen molar-refractivity contribution in [3.63, 3.8) is 0 Å². The van der Waals surface area contributed by atoms with Crippen LogP contribution in [0.3, 0.4) is 0 Å². The number of esters is 2. The molecule has 0 radical (unpaired) electrons. The molecule has 1 rings (SSSR count). The fourth-order valence-electron chi connectivity index (χ4n) is 2.06. The van der Waals surface area contributed by atoms with Crippen molar-refractivity contribution >= 4 is 11.9 Å². The molecule has 0 aromatic heterocycles. The van der Waals surface area contributed by atoms with Gasteiger partial charge in [-0.3, -0.25) is 0 Å². The van der Waals surface area contributed by atoms with E-state index < -0.39 is 11.9 Å². The van der Waals surface area contributed by atoms with Crippen LogP contribution < -0.4 is 0 Å². The van der Waals surface area contributed by atoms with Gasteiger partial charge in [0.2, 0.25) is 0 Å². The Labute approximate surface area is 134 Å². The summed E-state index contributed by atoms with van der Waals surface area (Å²) in [5, 5.41) is 0. The standard InChI is InChI=1S/C14H28O.C4H2O3/c1-3-5-6-7-8-9-10-11-12-13-14-15-4-2;5-3-1-2-4(6)7-3/h4H,2-3,5-14H2,1H3;1-2H. The van der Waals surface area contributed by atoms with Crippen molar-refractivity contribution < 1.29 is 19.1 Å². The quantitative estimate of drug-likeness (QED) is 0.227. The van der Waals surface area contributed by atoms with E-state index in [1.54, 1.807) is 0 Å². The molecule has 0 fully saturated rings. The molecule has 4 nitrogen and oxygen atoms in total. The maximum atomic E-state index is 9.92. The lowest BCUT2D eigenvalue weighted by molar-refractivity contribution is -0.150. The summed E-state index contributed by atoms with van der Waals surface area (Å²) in [6.45, 7) is 6.64. The molecule has 0 N–H and O–H groups in total. The Kier molecular flexibility index (Phi) is 14.7. The van der Waals surface area contributed by atoms with Crippen molar-refractivity contribution in [3.8, 4) is 0 Å². The van der Waals surface area contributed by atoms with E-state index in [1.807, 2.05) is 0 Å². The summed E-state index contributed by atoms with van der Waals surface area (Å²) in [5.74, 6) is -1.16. The summed E-state index contributed by atoms with van der Waals surface area (Å²) in [6, 6.07) is 0. The molecule has 0 saturated heterocycles. The van der Waals surface area contributed by atoms with Gasteiger partial charge in [-0.15, -0.1) is 0 Å². The number of carbonyl (C=O) groups is 2. The van der Waals surface area contributed by atoms with Crippen LogP contribution in [0.1, 0.15) is 71.1 Å². The summed E-state index contributed by atoms with van der Waals surface area (Å²) in [5.41, 5.74) is 0. The zero-order chi connectivity index (χ0) is 16.5. The van der Waals surface area contributed by atoms with Crippen molar-refractivity contribution in [2.75, 3.05) is 6.61 Å². The highest BCUT2D eigenvalue weighted by atomic mass is 16.6. The van der Waals surface area contributed by atoms with E-state index in [1.165, 1.54) is 70.5 Å². The minimum absolute atomic E-state index is 0.579. The fourth-order valence-corrected chi connectivity index (χ4v) is 2.06. The van der Waals surface area contributed by atoms with Gasteiger partial charge in [0, 0.05) is 12.2 Å². The van der Waals surface area contributed by atoms with Gasteiger partial charge in [0.25, 0.3) is 0 Å². The second kappa shape index (κ2) is 15.8. The second-order valence-electron chi connectivity index (χ2n) is 5.29. The topological polar surface area (TPSA) is 52.6 Å². The van der Waals surface area contributed by atoms with Crippen LogP contribution in [-0.4, -0.2) is 18.5 Å². The molecule has 0 bridgehead atoms. The molecule has 0 spiro atoms. The van der Waals surface area contributed by atoms with Crippen LogP contribution in [0.15, 0.2) is 25.0 Å². The number of carbonyl (C=O) groups excluding carboxylic acids is 2. The predicted molar refractivity (Wildman–Crippen MR) is 88.2 cm³/mol. The monoisotopic (exact) mass is 310 g/mol. The van der Waals surface area contributed by atoms with Crippen LogP contribution in [0.4, 0.5) is 0 Å². The molecule has 0 saturated carbocycles. The van der Waals surface area contributed by atoms with Gasteiger partial charge in [-0.25, -0.2) is 9.59 Å². The molecule has 0 aromatic rings. The van der Waals surface area contributed by atoms with Crippen LogP contribution in [0, 0.1) is 0 Å². The van der Waals surface area contributed by atoms with Crippen molar-refractivity contribution in [1.82, 2.24) is 0 Å². The van der Waals surface area contributed by atoms with Crippen LogP contribution >= 0.6 is 0 Å². The maximum Gasteiger partial charge on any atom is 0.338 e. The normalized spacial score (nSPS) is 12.6. The zero-order valence-electron chi connectivity index (χ0n) is 13.9. The van der Waals surface area contributed by atoms with Gasteiger partial charge in [0.1, 0.15) is 0 Å². The predicted octanol–water partition coefficient (Wildman–Crippen LogP) is 4.69. The Balaban J connectivity index is 0.000000518. The van der Waals surface area contributed by atoms with E-state index in [2.05, 4.69) is 18.2 Å². The third-order valence-electron chi connectivity index (χ3n) is 3.29. The Morgan fingerprint density at radius 1 is 0.909 bits per heavy atom. The first-order chi connectivity index (χ1) is 10.7. The molecule has 4 heteroatoms. The number of rotatable bonds is 12. The summed E-state index contributed by atoms with van der Waals surface area (Å²) >= 11 is 0. The smallest absolute Gasteiger partial charge is 0.338 e. The molecule has 0 aliphatic carbocycles. The number of hydrogen-bond acceptors (Lipinski definition) is 4. The molecule has 1 heterocycles. The van der Waals surface area contributed by atoms with Gasteiger partial charge in [0.15, 0.2) is 0 Å². The highest BCUT2D eigenvalue weighted by Crippen LogP contribution is 2.10. The van der Waals surface area contributed by atoms with E-state index in [-0.39, 0.29) is 0 Å². The molecule has 0 atom stereocenters. The van der Waals surface area contributed by atoms with Crippen molar-refractivity contribution in [3.05, 3.63) is 25.0 Å². The number of hydrogen-bond donors (Lipinski definition) is 0. The molecular formula is C18H30O4. The number of cyclic esters (lactones) is 2. The lowest BCUT2D eigenvalue weighted by Crippen LogP contribution is -1.96. The van der Waals surface area contributed by atoms with E-state index in [4.69, 9.17) is 4.74 Å². The van der Waals surface area contributed by atoms with Crippen molar-refractivity contribution in [1.29, 1.82) is 0 Å².